The van der Waals surface area contributed by atoms with Crippen LogP contribution in [0.15, 0.2) is 52.9 Å². The number of aryl methyl sites for hydroxylation is 1. The Kier molecular flexibility index (Phi) is 2.99. The number of benzene rings is 2. The fraction of sp³-hybridized carbons (Fsp3) is 0.0556. The Morgan fingerprint density at radius 1 is 1.17 bits per heavy atom. The Morgan fingerprint density at radius 2 is 1.96 bits per heavy atom. The van der Waals surface area contributed by atoms with Crippen LogP contribution in [0.25, 0.3) is 21.9 Å². The van der Waals surface area contributed by atoms with Crippen molar-refractivity contribution in [2.75, 3.05) is 0 Å². The maximum atomic E-state index is 12.8. The minimum absolute atomic E-state index is 0.0315. The standard InChI is InChI=1S/C18H12N2O4/c1-10-13-9-12(20(22)23)6-7-16(13)24-18(10)17(21)15-8-11-4-2-3-5-14(11)19-15/h2-9,19H,1H3. The average Bonchev–Trinajstić information content (AvgIpc) is 3.15. The van der Waals surface area contributed by atoms with Crippen LogP contribution in [-0.2, 0) is 0 Å². The van der Waals surface area contributed by atoms with Gasteiger partial charge in [0.2, 0.25) is 5.78 Å². The number of non-ortho nitro benzene ring substituents is 1. The van der Waals surface area contributed by atoms with Crippen LogP contribution in [0.4, 0.5) is 5.69 Å². The number of fused-ring (bicyclic) bond motifs is 2. The summed E-state index contributed by atoms with van der Waals surface area (Å²) in [5.41, 5.74) is 2.31. The van der Waals surface area contributed by atoms with Crippen LogP contribution in [0, 0.1) is 17.0 Å². The lowest BCUT2D eigenvalue weighted by Crippen LogP contribution is -2.01. The first-order valence-corrected chi connectivity index (χ1v) is 7.34. The molecule has 24 heavy (non-hydrogen) atoms. The number of para-hydroxylation sites is 1. The number of H-pyrrole nitrogens is 1. The van der Waals surface area contributed by atoms with Crippen LogP contribution in [-0.4, -0.2) is 15.7 Å². The predicted molar refractivity (Wildman–Crippen MR) is 89.3 cm³/mol. The van der Waals surface area contributed by atoms with Gasteiger partial charge in [0.15, 0.2) is 5.76 Å². The number of nitro groups is 1. The first-order valence-electron chi connectivity index (χ1n) is 7.34. The molecular formula is C18H12N2O4. The van der Waals surface area contributed by atoms with Crippen LogP contribution in [0.3, 0.4) is 0 Å². The Balaban J connectivity index is 1.84. The molecule has 0 spiro atoms. The van der Waals surface area contributed by atoms with Crippen molar-refractivity contribution in [1.82, 2.24) is 4.98 Å². The van der Waals surface area contributed by atoms with Crippen LogP contribution < -0.4 is 0 Å². The maximum absolute atomic E-state index is 12.8. The summed E-state index contributed by atoms with van der Waals surface area (Å²) in [6.45, 7) is 1.73. The number of aromatic nitrogens is 1. The minimum atomic E-state index is -0.467. The molecule has 0 unspecified atom stereocenters. The number of furan rings is 1. The summed E-state index contributed by atoms with van der Waals surface area (Å²) in [6.07, 6.45) is 0. The first kappa shape index (κ1) is 14.2. The molecule has 0 fully saturated rings. The van der Waals surface area contributed by atoms with E-state index < -0.39 is 4.92 Å². The van der Waals surface area contributed by atoms with Crippen LogP contribution in [0.1, 0.15) is 21.8 Å². The van der Waals surface area contributed by atoms with E-state index in [4.69, 9.17) is 4.42 Å². The Labute approximate surface area is 135 Å². The number of ketones is 1. The number of nitro benzene ring substituents is 1. The van der Waals surface area contributed by atoms with Crippen molar-refractivity contribution in [2.24, 2.45) is 0 Å². The fourth-order valence-electron chi connectivity index (χ4n) is 2.86. The number of rotatable bonds is 3. The average molecular weight is 320 g/mol. The number of hydrogen-bond acceptors (Lipinski definition) is 4. The summed E-state index contributed by atoms with van der Waals surface area (Å²) in [6, 6.07) is 13.7. The van der Waals surface area contributed by atoms with Crippen molar-refractivity contribution in [3.8, 4) is 0 Å². The molecule has 0 bridgehead atoms. The monoisotopic (exact) mass is 320 g/mol. The maximum Gasteiger partial charge on any atom is 0.270 e. The lowest BCUT2D eigenvalue weighted by Gasteiger charge is -1.95. The van der Waals surface area contributed by atoms with E-state index in [2.05, 4.69) is 4.98 Å². The molecule has 0 aliphatic heterocycles. The van der Waals surface area contributed by atoms with Crippen molar-refractivity contribution in [2.45, 2.75) is 6.92 Å². The summed E-state index contributed by atoms with van der Waals surface area (Å²) in [7, 11) is 0. The van der Waals surface area contributed by atoms with Gasteiger partial charge in [-0.2, -0.15) is 0 Å². The smallest absolute Gasteiger partial charge is 0.270 e. The van der Waals surface area contributed by atoms with E-state index in [0.717, 1.165) is 10.9 Å². The van der Waals surface area contributed by atoms with Gasteiger partial charge < -0.3 is 9.40 Å². The molecule has 0 saturated heterocycles. The highest BCUT2D eigenvalue weighted by molar-refractivity contribution is 6.11. The van der Waals surface area contributed by atoms with Gasteiger partial charge in [-0.25, -0.2) is 0 Å². The van der Waals surface area contributed by atoms with Gasteiger partial charge in [-0.3, -0.25) is 14.9 Å². The third-order valence-corrected chi connectivity index (χ3v) is 4.11. The SMILES string of the molecule is Cc1c(C(=O)c2cc3ccccc3[nH]2)oc2ccc([N+](=O)[O-])cc12. The molecule has 118 valence electrons. The van der Waals surface area contributed by atoms with Gasteiger partial charge >= 0.3 is 0 Å². The number of nitrogens with one attached hydrogen (secondary N) is 1. The summed E-state index contributed by atoms with van der Waals surface area (Å²) in [5, 5.41) is 12.4. The van der Waals surface area contributed by atoms with Gasteiger partial charge in [-0.15, -0.1) is 0 Å². The van der Waals surface area contributed by atoms with Crippen molar-refractivity contribution < 1.29 is 14.1 Å². The molecule has 0 radical (unpaired) electrons. The molecule has 0 aliphatic carbocycles. The molecule has 2 heterocycles. The van der Waals surface area contributed by atoms with Gasteiger partial charge in [0.05, 0.1) is 10.6 Å². The quantitative estimate of drug-likeness (QED) is 0.345. The highest BCUT2D eigenvalue weighted by Crippen LogP contribution is 2.30. The zero-order chi connectivity index (χ0) is 16.8. The van der Waals surface area contributed by atoms with E-state index in [1.165, 1.54) is 18.2 Å². The Hall–Kier alpha value is -3.41. The zero-order valence-electron chi connectivity index (χ0n) is 12.7. The molecule has 0 amide bonds. The first-order chi connectivity index (χ1) is 11.5. The highest BCUT2D eigenvalue weighted by Gasteiger charge is 2.22. The third kappa shape index (κ3) is 2.08. The topological polar surface area (TPSA) is 89.1 Å². The minimum Gasteiger partial charge on any atom is -0.452 e. The summed E-state index contributed by atoms with van der Waals surface area (Å²) in [5.74, 6) is -0.0837. The number of carbonyl (C=O) groups excluding carboxylic acids is 1. The third-order valence-electron chi connectivity index (χ3n) is 4.11. The van der Waals surface area contributed by atoms with E-state index in [1.807, 2.05) is 24.3 Å². The molecule has 2 aromatic heterocycles. The molecular weight excluding hydrogens is 308 g/mol. The Bertz CT molecular complexity index is 1090. The molecule has 4 rings (SSSR count). The van der Waals surface area contributed by atoms with Gasteiger partial charge in [0.1, 0.15) is 5.58 Å². The van der Waals surface area contributed by atoms with E-state index in [-0.39, 0.29) is 17.2 Å². The van der Waals surface area contributed by atoms with E-state index in [9.17, 15) is 14.9 Å². The summed E-state index contributed by atoms with van der Waals surface area (Å²) in [4.78, 5) is 26.3. The van der Waals surface area contributed by atoms with Gasteiger partial charge in [0.25, 0.3) is 5.69 Å². The molecule has 4 aromatic rings. The van der Waals surface area contributed by atoms with Gasteiger partial charge in [-0.05, 0) is 25.1 Å². The van der Waals surface area contributed by atoms with E-state index in [1.54, 1.807) is 13.0 Å². The molecule has 0 atom stereocenters. The van der Waals surface area contributed by atoms with Crippen molar-refractivity contribution >= 4 is 33.3 Å². The molecule has 0 aliphatic rings. The second-order valence-corrected chi connectivity index (χ2v) is 5.59. The number of aromatic amines is 1. The van der Waals surface area contributed by atoms with Gasteiger partial charge in [-0.1, -0.05) is 18.2 Å². The molecule has 2 aromatic carbocycles. The van der Waals surface area contributed by atoms with Crippen LogP contribution >= 0.6 is 0 Å². The second kappa shape index (κ2) is 5.06. The van der Waals surface area contributed by atoms with Crippen molar-refractivity contribution in [3.05, 3.63) is 75.7 Å². The lowest BCUT2D eigenvalue weighted by molar-refractivity contribution is -0.384. The second-order valence-electron chi connectivity index (χ2n) is 5.59. The van der Waals surface area contributed by atoms with Crippen molar-refractivity contribution in [1.29, 1.82) is 0 Å². The number of carbonyl (C=O) groups is 1. The molecule has 1 N–H and O–H groups in total. The largest absolute Gasteiger partial charge is 0.452 e. The molecule has 6 heteroatoms. The van der Waals surface area contributed by atoms with Crippen LogP contribution in [0.5, 0.6) is 0 Å². The van der Waals surface area contributed by atoms with E-state index >= 15 is 0 Å². The number of hydrogen-bond donors (Lipinski definition) is 1. The van der Waals surface area contributed by atoms with Gasteiger partial charge in [0, 0.05) is 34.0 Å². The summed E-state index contributed by atoms with van der Waals surface area (Å²) >= 11 is 0. The number of nitrogens with zero attached hydrogens (tertiary/aromatic N) is 1. The highest BCUT2D eigenvalue weighted by atomic mass is 16.6. The lowest BCUT2D eigenvalue weighted by atomic mass is 10.1. The normalized spacial score (nSPS) is 11.2. The van der Waals surface area contributed by atoms with Crippen LogP contribution in [0.2, 0.25) is 0 Å². The summed E-state index contributed by atoms with van der Waals surface area (Å²) < 4.78 is 5.65. The predicted octanol–water partition coefficient (Wildman–Crippen LogP) is 4.36. The molecule has 6 nitrogen and oxygen atoms in total. The van der Waals surface area contributed by atoms with E-state index in [0.29, 0.717) is 22.2 Å². The zero-order valence-corrected chi connectivity index (χ0v) is 12.7. The Morgan fingerprint density at radius 3 is 2.71 bits per heavy atom. The van der Waals surface area contributed by atoms with Crippen molar-refractivity contribution in [3.63, 3.8) is 0 Å². The molecule has 0 saturated carbocycles. The fourth-order valence-corrected chi connectivity index (χ4v) is 2.86.